The number of nitrogen functional groups attached to an aromatic ring is 1. The first-order chi connectivity index (χ1) is 21.6. The zero-order chi connectivity index (χ0) is 33.8. The average Bonchev–Trinajstić information content (AvgIpc) is 3.49. The van der Waals surface area contributed by atoms with Crippen molar-refractivity contribution in [3.8, 4) is 5.69 Å². The van der Waals surface area contributed by atoms with Gasteiger partial charge in [-0.3, -0.25) is 19.1 Å². The van der Waals surface area contributed by atoms with Gasteiger partial charge in [0.15, 0.2) is 5.78 Å². The number of carbonyl (C=O) groups is 3. The normalized spacial score (nSPS) is 14.3. The third-order valence-corrected chi connectivity index (χ3v) is 7.90. The number of carbonyl (C=O) groups excluding carboxylic acids is 3. The molecule has 1 amide bonds. The maximum absolute atomic E-state index is 13.8. The molecule has 46 heavy (non-hydrogen) atoms. The quantitative estimate of drug-likeness (QED) is 0.194. The average molecular weight is 634 g/mol. The number of hydrogen-bond acceptors (Lipinski definition) is 7. The van der Waals surface area contributed by atoms with Crippen LogP contribution >= 0.6 is 0 Å². The Bertz CT molecular complexity index is 1630. The molecule has 1 aliphatic rings. The van der Waals surface area contributed by atoms with Crippen LogP contribution in [0.5, 0.6) is 0 Å². The lowest BCUT2D eigenvalue weighted by Gasteiger charge is -2.34. The van der Waals surface area contributed by atoms with Gasteiger partial charge in [0.2, 0.25) is 0 Å². The summed E-state index contributed by atoms with van der Waals surface area (Å²) < 4.78 is 26.6. The van der Waals surface area contributed by atoms with E-state index in [1.54, 1.807) is 52.0 Å². The molecule has 0 saturated heterocycles. The van der Waals surface area contributed by atoms with E-state index >= 15 is 0 Å². The van der Waals surface area contributed by atoms with Crippen molar-refractivity contribution in [1.29, 1.82) is 0 Å². The van der Waals surface area contributed by atoms with Gasteiger partial charge in [0.1, 0.15) is 29.4 Å². The first kappa shape index (κ1) is 34.4. The summed E-state index contributed by atoms with van der Waals surface area (Å²) in [6.45, 7) is 10.9. The second kappa shape index (κ2) is 14.3. The van der Waals surface area contributed by atoms with Gasteiger partial charge in [0, 0.05) is 18.2 Å². The first-order valence-corrected chi connectivity index (χ1v) is 15.8. The van der Waals surface area contributed by atoms with Crippen molar-refractivity contribution in [3.63, 3.8) is 0 Å². The fourth-order valence-electron chi connectivity index (χ4n) is 5.57. The number of hydrogen-bond donors (Lipinski definition) is 1. The molecular formula is C36H44FN3O6. The second-order valence-corrected chi connectivity index (χ2v) is 13.4. The smallest absolute Gasteiger partial charge is 0.411 e. The fraction of sp³-hybridized carbons (Fsp3) is 0.444. The van der Waals surface area contributed by atoms with Crippen LogP contribution in [-0.4, -0.2) is 45.1 Å². The number of anilines is 1. The van der Waals surface area contributed by atoms with Crippen molar-refractivity contribution in [2.45, 2.75) is 97.9 Å². The fourth-order valence-corrected chi connectivity index (χ4v) is 5.57. The Balaban J connectivity index is 1.65. The van der Waals surface area contributed by atoms with Crippen molar-refractivity contribution in [3.05, 3.63) is 93.0 Å². The third kappa shape index (κ3) is 8.41. The molecule has 0 spiro atoms. The number of nitrogens with two attached hydrogens (primary N) is 1. The minimum Gasteiger partial charge on any atom is -0.461 e. The van der Waals surface area contributed by atoms with Crippen LogP contribution in [0.25, 0.3) is 5.69 Å². The molecule has 2 aromatic carbocycles. The minimum absolute atomic E-state index is 0.0547. The molecule has 1 atom stereocenters. The zero-order valence-electron chi connectivity index (χ0n) is 27.5. The highest BCUT2D eigenvalue weighted by atomic mass is 19.1. The predicted molar refractivity (Wildman–Crippen MR) is 174 cm³/mol. The van der Waals surface area contributed by atoms with Gasteiger partial charge >= 0.3 is 12.1 Å². The van der Waals surface area contributed by atoms with Crippen LogP contribution in [0.2, 0.25) is 0 Å². The Morgan fingerprint density at radius 2 is 1.67 bits per heavy atom. The molecule has 10 heteroatoms. The van der Waals surface area contributed by atoms with Crippen LogP contribution in [0.3, 0.4) is 0 Å². The van der Waals surface area contributed by atoms with Gasteiger partial charge in [0.05, 0.1) is 11.3 Å². The van der Waals surface area contributed by atoms with Crippen molar-refractivity contribution in [1.82, 2.24) is 9.47 Å². The van der Waals surface area contributed by atoms with E-state index in [2.05, 4.69) is 0 Å². The van der Waals surface area contributed by atoms with Gasteiger partial charge in [-0.15, -0.1) is 0 Å². The molecule has 0 aliphatic heterocycles. The maximum Gasteiger partial charge on any atom is 0.411 e. The number of pyridine rings is 1. The topological polar surface area (TPSA) is 121 Å². The molecule has 2 N–H and O–H groups in total. The number of aromatic nitrogens is 1. The summed E-state index contributed by atoms with van der Waals surface area (Å²) in [4.78, 5) is 54.7. The van der Waals surface area contributed by atoms with Gasteiger partial charge in [-0.2, -0.15) is 0 Å². The highest BCUT2D eigenvalue weighted by Gasteiger charge is 2.36. The molecule has 1 saturated carbocycles. The van der Waals surface area contributed by atoms with Crippen LogP contribution in [0.15, 0.2) is 59.4 Å². The van der Waals surface area contributed by atoms with E-state index in [1.807, 2.05) is 13.8 Å². The van der Waals surface area contributed by atoms with Crippen molar-refractivity contribution >= 4 is 23.7 Å². The summed E-state index contributed by atoms with van der Waals surface area (Å²) in [5, 5.41) is 0. The maximum atomic E-state index is 13.8. The van der Waals surface area contributed by atoms with E-state index in [1.165, 1.54) is 39.8 Å². The Morgan fingerprint density at radius 1 is 1.02 bits per heavy atom. The highest BCUT2D eigenvalue weighted by Crippen LogP contribution is 2.26. The number of esters is 1. The van der Waals surface area contributed by atoms with Crippen molar-refractivity contribution in [2.75, 3.05) is 5.73 Å². The summed E-state index contributed by atoms with van der Waals surface area (Å²) in [5.74, 6) is -1.28. The molecule has 1 aliphatic carbocycles. The number of rotatable bonds is 10. The molecule has 4 rings (SSSR count). The van der Waals surface area contributed by atoms with E-state index in [4.69, 9.17) is 15.2 Å². The summed E-state index contributed by atoms with van der Waals surface area (Å²) in [6, 6.07) is 12.6. The minimum atomic E-state index is -0.855. The predicted octanol–water partition coefficient (Wildman–Crippen LogP) is 6.74. The monoisotopic (exact) mass is 633 g/mol. The number of benzene rings is 2. The van der Waals surface area contributed by atoms with Crippen molar-refractivity contribution < 1.29 is 28.2 Å². The molecule has 1 heterocycles. The van der Waals surface area contributed by atoms with Crippen LogP contribution in [0.1, 0.15) is 93.8 Å². The van der Waals surface area contributed by atoms with Gasteiger partial charge in [-0.1, -0.05) is 26.0 Å². The third-order valence-electron chi connectivity index (χ3n) is 7.90. The molecule has 1 aromatic heterocycles. The lowest BCUT2D eigenvalue weighted by atomic mass is 10.0. The Labute approximate surface area is 269 Å². The van der Waals surface area contributed by atoms with Gasteiger partial charge < -0.3 is 15.2 Å². The number of nitrogens with zero attached hydrogens (tertiary/aromatic N) is 2. The number of ketones is 1. The molecule has 1 fully saturated rings. The summed E-state index contributed by atoms with van der Waals surface area (Å²) >= 11 is 0. The number of ether oxygens (including phenoxy) is 2. The molecule has 0 radical (unpaired) electrons. The number of aryl methyl sites for hydroxylation is 1. The van der Waals surface area contributed by atoms with E-state index < -0.39 is 40.9 Å². The van der Waals surface area contributed by atoms with E-state index in [0.29, 0.717) is 23.2 Å². The Morgan fingerprint density at radius 3 is 2.26 bits per heavy atom. The van der Waals surface area contributed by atoms with E-state index in [9.17, 15) is 23.6 Å². The standard InChI is InChI=1S/C36H44FN3O6/c1-22(2)19-30(34(43)45-27-9-7-8-10-27)39(35(44)46-36(4,5)6)21-24-11-14-26(15-12-24)40-31(41)18-16-28(33(40)38)32(42)25-13-17-29(37)23(3)20-25/h11-18,20,22,27,30H,7-10,19,21,38H2,1-6H3/t30-/m0/s1. The Kier molecular flexibility index (Phi) is 10.7. The lowest BCUT2D eigenvalue weighted by Crippen LogP contribution is -2.48. The zero-order valence-corrected chi connectivity index (χ0v) is 27.5. The van der Waals surface area contributed by atoms with Crippen molar-refractivity contribution in [2.24, 2.45) is 5.92 Å². The first-order valence-electron chi connectivity index (χ1n) is 15.8. The molecule has 246 valence electrons. The van der Waals surface area contributed by atoms with Crippen LogP contribution in [0.4, 0.5) is 15.0 Å². The van der Waals surface area contributed by atoms with Gasteiger partial charge in [0.25, 0.3) is 5.56 Å². The van der Waals surface area contributed by atoms with Gasteiger partial charge in [-0.25, -0.2) is 14.0 Å². The largest absolute Gasteiger partial charge is 0.461 e. The van der Waals surface area contributed by atoms with Crippen LogP contribution < -0.4 is 11.3 Å². The molecular weight excluding hydrogens is 589 g/mol. The van der Waals surface area contributed by atoms with Gasteiger partial charge in [-0.05, 0) is 113 Å². The number of halogens is 1. The number of amides is 1. The second-order valence-electron chi connectivity index (χ2n) is 13.4. The van der Waals surface area contributed by atoms with Crippen LogP contribution in [0, 0.1) is 18.7 Å². The Hall–Kier alpha value is -4.47. The SMILES string of the molecule is Cc1cc(C(=O)c2ccc(=O)n(-c3ccc(CN(C(=O)OC(C)(C)C)[C@@H](CC(C)C)C(=O)OC4CCCC4)cc3)c2N)ccc1F. The summed E-state index contributed by atoms with van der Waals surface area (Å²) in [6.07, 6.45) is 3.24. The lowest BCUT2D eigenvalue weighted by molar-refractivity contribution is -0.156. The van der Waals surface area contributed by atoms with Crippen LogP contribution in [-0.2, 0) is 20.8 Å². The molecule has 3 aromatic rings. The summed E-state index contributed by atoms with van der Waals surface area (Å²) in [5.41, 5.74) is 6.88. The molecule has 0 unspecified atom stereocenters. The molecule has 0 bridgehead atoms. The highest BCUT2D eigenvalue weighted by molar-refractivity contribution is 6.11. The van der Waals surface area contributed by atoms with E-state index in [0.717, 1.165) is 25.7 Å². The summed E-state index contributed by atoms with van der Waals surface area (Å²) in [7, 11) is 0. The van der Waals surface area contributed by atoms with E-state index in [-0.39, 0.29) is 35.5 Å². The molecule has 9 nitrogen and oxygen atoms in total.